The van der Waals surface area contributed by atoms with Gasteiger partial charge in [0.1, 0.15) is 16.2 Å². The van der Waals surface area contributed by atoms with Crippen molar-refractivity contribution >= 4 is 54.9 Å². The summed E-state index contributed by atoms with van der Waals surface area (Å²) in [5, 5.41) is 12.4. The summed E-state index contributed by atoms with van der Waals surface area (Å²) in [4.78, 5) is 29.2. The van der Waals surface area contributed by atoms with Crippen molar-refractivity contribution in [2.24, 2.45) is 0 Å². The van der Waals surface area contributed by atoms with Crippen molar-refractivity contribution in [3.8, 4) is 11.1 Å². The Kier molecular flexibility index (Phi) is 7.98. The van der Waals surface area contributed by atoms with Crippen LogP contribution in [0, 0.1) is 0 Å². The first kappa shape index (κ1) is 29.9. The lowest BCUT2D eigenvalue weighted by molar-refractivity contribution is -0.143. The van der Waals surface area contributed by atoms with E-state index < -0.39 is 49.9 Å². The third-order valence-electron chi connectivity index (χ3n) is 6.91. The molecular weight excluding hydrogens is 622 g/mol. The molecule has 1 aromatic heterocycles. The molecule has 0 spiro atoms. The van der Waals surface area contributed by atoms with E-state index in [9.17, 15) is 31.5 Å². The fraction of sp³-hybridized carbons (Fsp3) is 0.179. The number of carboxylic acid groups (broad SMARTS) is 1. The lowest BCUT2D eigenvalue weighted by atomic mass is 10.1. The number of thiazole rings is 1. The molecule has 1 aliphatic carbocycles. The first-order valence-corrected chi connectivity index (χ1v) is 17.0. The van der Waals surface area contributed by atoms with Crippen LogP contribution in [-0.2, 0) is 31.4 Å². The van der Waals surface area contributed by atoms with Gasteiger partial charge in [-0.2, -0.15) is 4.31 Å². The van der Waals surface area contributed by atoms with E-state index in [1.54, 1.807) is 66.7 Å². The molecule has 10 nitrogen and oxygen atoms in total. The topological polar surface area (TPSA) is 151 Å². The normalized spacial score (nSPS) is 18.5. The average Bonchev–Trinajstić information content (AvgIpc) is 3.52. The SMILES string of the molecule is CS(=O)(=O)NC(=O)c1csc(CN(C2(C(=O)O)CC2c2ccccc2)S(=O)(=O)c2ccc(-c3ccc(Cl)cc3)cc2)n1. The van der Waals surface area contributed by atoms with E-state index in [4.69, 9.17) is 11.6 Å². The maximum Gasteiger partial charge on any atom is 0.325 e. The number of benzene rings is 3. The Labute approximate surface area is 251 Å². The van der Waals surface area contributed by atoms with Gasteiger partial charge >= 0.3 is 5.97 Å². The maximum absolute atomic E-state index is 14.2. The molecule has 1 saturated carbocycles. The molecule has 14 heteroatoms. The van der Waals surface area contributed by atoms with Crippen LogP contribution >= 0.6 is 22.9 Å². The van der Waals surface area contributed by atoms with Gasteiger partial charge in [0.05, 0.1) is 17.7 Å². The predicted molar refractivity (Wildman–Crippen MR) is 158 cm³/mol. The number of nitrogens with zero attached hydrogens (tertiary/aromatic N) is 2. The molecule has 3 aromatic carbocycles. The van der Waals surface area contributed by atoms with Gasteiger partial charge in [-0.05, 0) is 47.4 Å². The minimum atomic E-state index is -4.42. The number of carbonyl (C=O) groups is 2. The van der Waals surface area contributed by atoms with E-state index in [1.807, 2.05) is 4.72 Å². The number of hydrogen-bond acceptors (Lipinski definition) is 8. The quantitative estimate of drug-likeness (QED) is 0.258. The Balaban J connectivity index is 1.54. The van der Waals surface area contributed by atoms with Gasteiger partial charge in [0.15, 0.2) is 0 Å². The summed E-state index contributed by atoms with van der Waals surface area (Å²) in [6, 6.07) is 21.9. The van der Waals surface area contributed by atoms with Crippen molar-refractivity contribution in [1.82, 2.24) is 14.0 Å². The van der Waals surface area contributed by atoms with Gasteiger partial charge in [-0.3, -0.25) is 9.59 Å². The molecule has 5 rings (SSSR count). The van der Waals surface area contributed by atoms with Gasteiger partial charge < -0.3 is 5.11 Å². The number of aliphatic carboxylic acids is 1. The van der Waals surface area contributed by atoms with Crippen LogP contribution in [0.4, 0.5) is 0 Å². The Morgan fingerprint density at radius 1 is 1.00 bits per heavy atom. The van der Waals surface area contributed by atoms with Crippen molar-refractivity contribution in [3.63, 3.8) is 0 Å². The van der Waals surface area contributed by atoms with E-state index >= 15 is 0 Å². The molecular formula is C28H24ClN3O7S3. The molecule has 42 heavy (non-hydrogen) atoms. The minimum absolute atomic E-state index is 0.0290. The third kappa shape index (κ3) is 5.96. The first-order valence-electron chi connectivity index (χ1n) is 12.4. The molecule has 2 N–H and O–H groups in total. The number of aromatic nitrogens is 1. The summed E-state index contributed by atoms with van der Waals surface area (Å²) in [6.07, 6.45) is 0.847. The monoisotopic (exact) mass is 645 g/mol. The number of sulfonamides is 2. The lowest BCUT2D eigenvalue weighted by Crippen LogP contribution is -2.48. The zero-order valence-corrected chi connectivity index (χ0v) is 25.2. The summed E-state index contributed by atoms with van der Waals surface area (Å²) in [5.41, 5.74) is 0.183. The van der Waals surface area contributed by atoms with Crippen LogP contribution in [0.15, 0.2) is 89.1 Å². The van der Waals surface area contributed by atoms with Gasteiger partial charge in [0, 0.05) is 16.3 Å². The van der Waals surface area contributed by atoms with E-state index in [-0.39, 0.29) is 22.0 Å². The fourth-order valence-electron chi connectivity index (χ4n) is 4.81. The van der Waals surface area contributed by atoms with Crippen LogP contribution in [0.5, 0.6) is 0 Å². The predicted octanol–water partition coefficient (Wildman–Crippen LogP) is 4.35. The molecule has 0 saturated heterocycles. The highest BCUT2D eigenvalue weighted by Crippen LogP contribution is 2.57. The molecule has 0 aliphatic heterocycles. The summed E-state index contributed by atoms with van der Waals surface area (Å²) in [6.45, 7) is -0.451. The number of carbonyl (C=O) groups excluding carboxylic acids is 1. The largest absolute Gasteiger partial charge is 0.480 e. The number of carboxylic acids is 1. The van der Waals surface area contributed by atoms with Gasteiger partial charge in [0.2, 0.25) is 20.0 Å². The van der Waals surface area contributed by atoms with Crippen molar-refractivity contribution in [1.29, 1.82) is 0 Å². The molecule has 0 bridgehead atoms. The van der Waals surface area contributed by atoms with Gasteiger partial charge in [-0.1, -0.05) is 66.2 Å². The van der Waals surface area contributed by atoms with E-state index in [2.05, 4.69) is 4.98 Å². The number of hydrogen-bond donors (Lipinski definition) is 2. The van der Waals surface area contributed by atoms with Gasteiger partial charge in [0.25, 0.3) is 5.91 Å². The van der Waals surface area contributed by atoms with Crippen molar-refractivity contribution in [3.05, 3.63) is 106 Å². The maximum atomic E-state index is 14.2. The molecule has 2 unspecified atom stereocenters. The summed E-state index contributed by atoms with van der Waals surface area (Å²) < 4.78 is 54.1. The van der Waals surface area contributed by atoms with Crippen LogP contribution in [0.1, 0.15) is 33.4 Å². The van der Waals surface area contributed by atoms with Crippen molar-refractivity contribution in [2.45, 2.75) is 29.3 Å². The molecule has 4 aromatic rings. The number of halogens is 1. The number of rotatable bonds is 10. The van der Waals surface area contributed by atoms with Crippen LogP contribution in [0.2, 0.25) is 5.02 Å². The third-order valence-corrected chi connectivity index (χ3v) is 10.5. The van der Waals surface area contributed by atoms with Crippen LogP contribution in [0.3, 0.4) is 0 Å². The fourth-order valence-corrected chi connectivity index (χ4v) is 7.96. The van der Waals surface area contributed by atoms with E-state index in [0.717, 1.165) is 33.0 Å². The molecule has 0 radical (unpaired) electrons. The summed E-state index contributed by atoms with van der Waals surface area (Å²) in [7, 11) is -8.28. The van der Waals surface area contributed by atoms with Crippen molar-refractivity contribution < 1.29 is 31.5 Å². The second-order valence-electron chi connectivity index (χ2n) is 9.77. The highest BCUT2D eigenvalue weighted by atomic mass is 35.5. The summed E-state index contributed by atoms with van der Waals surface area (Å²) in [5.74, 6) is -2.93. The van der Waals surface area contributed by atoms with Crippen LogP contribution in [0.25, 0.3) is 11.1 Å². The number of amides is 1. The Bertz CT molecular complexity index is 1860. The van der Waals surface area contributed by atoms with Gasteiger partial charge in [-0.25, -0.2) is 26.5 Å². The molecule has 1 fully saturated rings. The van der Waals surface area contributed by atoms with Gasteiger partial charge in [-0.15, -0.1) is 11.3 Å². The highest BCUT2D eigenvalue weighted by Gasteiger charge is 2.68. The second kappa shape index (κ2) is 11.2. The molecule has 2 atom stereocenters. The first-order chi connectivity index (χ1) is 19.8. The zero-order chi connectivity index (χ0) is 30.3. The average molecular weight is 646 g/mol. The molecule has 1 heterocycles. The smallest absolute Gasteiger partial charge is 0.325 e. The summed E-state index contributed by atoms with van der Waals surface area (Å²) >= 11 is 6.90. The Morgan fingerprint density at radius 3 is 2.17 bits per heavy atom. The molecule has 218 valence electrons. The Hall–Kier alpha value is -3.62. The van der Waals surface area contributed by atoms with E-state index in [1.165, 1.54) is 17.5 Å². The zero-order valence-electron chi connectivity index (χ0n) is 22.0. The molecule has 1 amide bonds. The Morgan fingerprint density at radius 2 is 1.60 bits per heavy atom. The molecule has 1 aliphatic rings. The minimum Gasteiger partial charge on any atom is -0.480 e. The lowest BCUT2D eigenvalue weighted by Gasteiger charge is -2.29. The van der Waals surface area contributed by atoms with Crippen LogP contribution < -0.4 is 4.72 Å². The van der Waals surface area contributed by atoms with E-state index in [0.29, 0.717) is 10.6 Å². The number of nitrogens with one attached hydrogen (secondary N) is 1. The van der Waals surface area contributed by atoms with Crippen molar-refractivity contribution in [2.75, 3.05) is 6.26 Å². The standard InChI is InChI=1S/C28H24ClN3O7S3/c1-41(36,37)31-26(33)24-17-40-25(30-24)16-32(28(27(34)35)15-23(28)20-5-3-2-4-6-20)42(38,39)22-13-9-19(10-14-22)18-7-11-21(29)12-8-18/h2-14,17,23H,15-16H2,1H3,(H,31,33)(H,34,35). The van der Waals surface area contributed by atoms with Crippen LogP contribution in [-0.4, -0.2) is 54.9 Å². The second-order valence-corrected chi connectivity index (χ2v) is 14.8. The highest BCUT2D eigenvalue weighted by molar-refractivity contribution is 7.89.